The van der Waals surface area contributed by atoms with Gasteiger partial charge in [0, 0.05) is 6.20 Å². The van der Waals surface area contributed by atoms with E-state index in [1.807, 2.05) is 65.5 Å². The van der Waals surface area contributed by atoms with Crippen molar-refractivity contribution >= 4 is 15.9 Å². The number of halogens is 1. The fraction of sp³-hybridized carbons (Fsp3) is 0.167. The molecule has 23 heavy (non-hydrogen) atoms. The maximum atomic E-state index is 5.75. The van der Waals surface area contributed by atoms with E-state index in [0.29, 0.717) is 19.8 Å². The molecular weight excluding hydrogens is 356 g/mol. The van der Waals surface area contributed by atoms with Gasteiger partial charge in [-0.2, -0.15) is 5.10 Å². The van der Waals surface area contributed by atoms with E-state index in [4.69, 9.17) is 9.47 Å². The molecule has 5 heteroatoms. The van der Waals surface area contributed by atoms with Crippen LogP contribution in [0.1, 0.15) is 5.56 Å². The number of rotatable bonds is 7. The third-order valence-corrected chi connectivity index (χ3v) is 3.67. The molecular formula is C18H17BrN2O2. The van der Waals surface area contributed by atoms with Crippen LogP contribution < -0.4 is 9.47 Å². The lowest BCUT2D eigenvalue weighted by Gasteiger charge is -2.09. The van der Waals surface area contributed by atoms with Crippen molar-refractivity contribution in [1.29, 1.82) is 0 Å². The Labute approximate surface area is 143 Å². The van der Waals surface area contributed by atoms with E-state index in [1.165, 1.54) is 0 Å². The molecule has 0 aliphatic heterocycles. The van der Waals surface area contributed by atoms with Gasteiger partial charge in [-0.1, -0.05) is 30.3 Å². The minimum atomic E-state index is 0.565. The minimum absolute atomic E-state index is 0.565. The lowest BCUT2D eigenvalue weighted by Crippen LogP contribution is -2.08. The fourth-order valence-electron chi connectivity index (χ4n) is 2.09. The quantitative estimate of drug-likeness (QED) is 0.620. The van der Waals surface area contributed by atoms with E-state index in [1.54, 1.807) is 6.20 Å². The number of hydrogen-bond donors (Lipinski definition) is 0. The molecule has 0 spiro atoms. The van der Waals surface area contributed by atoms with Crippen LogP contribution in [-0.2, 0) is 13.2 Å². The van der Waals surface area contributed by atoms with Gasteiger partial charge in [-0.25, -0.2) is 0 Å². The van der Waals surface area contributed by atoms with E-state index in [2.05, 4.69) is 21.0 Å². The van der Waals surface area contributed by atoms with Crippen molar-refractivity contribution in [3.63, 3.8) is 0 Å². The molecule has 1 aromatic heterocycles. The normalized spacial score (nSPS) is 10.5. The topological polar surface area (TPSA) is 36.3 Å². The van der Waals surface area contributed by atoms with Crippen LogP contribution in [0.3, 0.4) is 0 Å². The first-order chi connectivity index (χ1) is 11.3. The average molecular weight is 373 g/mol. The number of benzene rings is 2. The first kappa shape index (κ1) is 15.6. The van der Waals surface area contributed by atoms with Crippen molar-refractivity contribution in [3.05, 3.63) is 77.0 Å². The zero-order valence-electron chi connectivity index (χ0n) is 12.6. The number of nitrogens with zero attached hydrogens (tertiary/aromatic N) is 2. The van der Waals surface area contributed by atoms with Gasteiger partial charge in [-0.15, -0.1) is 0 Å². The monoisotopic (exact) mass is 372 g/mol. The van der Waals surface area contributed by atoms with Crippen molar-refractivity contribution in [2.45, 2.75) is 13.2 Å². The summed E-state index contributed by atoms with van der Waals surface area (Å²) in [6.07, 6.45) is 3.68. The Morgan fingerprint density at radius 2 is 1.61 bits per heavy atom. The van der Waals surface area contributed by atoms with E-state index in [-0.39, 0.29) is 0 Å². The second kappa shape index (κ2) is 7.83. The highest BCUT2D eigenvalue weighted by atomic mass is 79.9. The van der Waals surface area contributed by atoms with Crippen LogP contribution in [0.4, 0.5) is 0 Å². The Kier molecular flexibility index (Phi) is 5.32. The van der Waals surface area contributed by atoms with Crippen LogP contribution in [0.25, 0.3) is 0 Å². The molecule has 0 saturated carbocycles. The number of aromatic nitrogens is 2. The zero-order valence-corrected chi connectivity index (χ0v) is 14.1. The highest BCUT2D eigenvalue weighted by Gasteiger charge is 1.99. The summed E-state index contributed by atoms with van der Waals surface area (Å²) in [5, 5.41) is 4.18. The second-order valence-electron chi connectivity index (χ2n) is 5.02. The maximum absolute atomic E-state index is 5.75. The van der Waals surface area contributed by atoms with Crippen LogP contribution >= 0.6 is 15.9 Å². The molecule has 0 fully saturated rings. The van der Waals surface area contributed by atoms with Gasteiger partial charge in [0.15, 0.2) is 0 Å². The largest absolute Gasteiger partial charge is 0.492 e. The number of ether oxygens (including phenoxy) is 2. The second-order valence-corrected chi connectivity index (χ2v) is 5.93. The molecule has 0 N–H and O–H groups in total. The van der Waals surface area contributed by atoms with Gasteiger partial charge in [-0.3, -0.25) is 4.68 Å². The zero-order chi connectivity index (χ0) is 15.9. The third kappa shape index (κ3) is 4.86. The first-order valence-corrected chi connectivity index (χ1v) is 8.16. The molecule has 0 radical (unpaired) electrons. The summed E-state index contributed by atoms with van der Waals surface area (Å²) in [5.41, 5.74) is 1.15. The van der Waals surface area contributed by atoms with Crippen molar-refractivity contribution in [3.8, 4) is 11.5 Å². The van der Waals surface area contributed by atoms with Crippen molar-refractivity contribution in [2.24, 2.45) is 0 Å². The van der Waals surface area contributed by atoms with E-state index >= 15 is 0 Å². The Hall–Kier alpha value is -2.27. The summed E-state index contributed by atoms with van der Waals surface area (Å²) in [6, 6.07) is 17.8. The maximum Gasteiger partial charge on any atom is 0.120 e. The molecule has 0 aliphatic rings. The molecule has 1 heterocycles. The van der Waals surface area contributed by atoms with Gasteiger partial charge in [0.2, 0.25) is 0 Å². The molecule has 0 aliphatic carbocycles. The molecule has 0 atom stereocenters. The molecule has 2 aromatic carbocycles. The summed E-state index contributed by atoms with van der Waals surface area (Å²) in [5.74, 6) is 1.65. The summed E-state index contributed by atoms with van der Waals surface area (Å²) < 4.78 is 14.3. The Morgan fingerprint density at radius 3 is 2.26 bits per heavy atom. The molecule has 3 rings (SSSR count). The van der Waals surface area contributed by atoms with Crippen molar-refractivity contribution in [2.75, 3.05) is 6.61 Å². The molecule has 0 unspecified atom stereocenters. The molecule has 0 amide bonds. The predicted octanol–water partition coefficient (Wildman–Crippen LogP) is 4.30. The third-order valence-electron chi connectivity index (χ3n) is 3.26. The minimum Gasteiger partial charge on any atom is -0.492 e. The van der Waals surface area contributed by atoms with Crippen LogP contribution in [0.5, 0.6) is 11.5 Å². The smallest absolute Gasteiger partial charge is 0.120 e. The van der Waals surface area contributed by atoms with Gasteiger partial charge < -0.3 is 9.47 Å². The standard InChI is InChI=1S/C18H17BrN2O2/c19-16-12-20-21(13-16)10-11-22-17-6-8-18(9-7-17)23-14-15-4-2-1-3-5-15/h1-9,12-13H,10-11,14H2. The molecule has 0 saturated heterocycles. The summed E-state index contributed by atoms with van der Waals surface area (Å²) in [7, 11) is 0. The van der Waals surface area contributed by atoms with Crippen LogP contribution in [-0.4, -0.2) is 16.4 Å². The van der Waals surface area contributed by atoms with Crippen LogP contribution in [0, 0.1) is 0 Å². The average Bonchev–Trinajstić information content (AvgIpc) is 3.00. The van der Waals surface area contributed by atoms with Crippen LogP contribution in [0.15, 0.2) is 71.5 Å². The van der Waals surface area contributed by atoms with Gasteiger partial charge >= 0.3 is 0 Å². The summed E-state index contributed by atoms with van der Waals surface area (Å²) in [4.78, 5) is 0. The predicted molar refractivity (Wildman–Crippen MR) is 92.6 cm³/mol. The molecule has 0 bridgehead atoms. The lowest BCUT2D eigenvalue weighted by molar-refractivity contribution is 0.287. The van der Waals surface area contributed by atoms with Crippen molar-refractivity contribution < 1.29 is 9.47 Å². The Morgan fingerprint density at radius 1 is 0.913 bits per heavy atom. The molecule has 4 nitrogen and oxygen atoms in total. The molecule has 3 aromatic rings. The van der Waals surface area contributed by atoms with E-state index in [9.17, 15) is 0 Å². The lowest BCUT2D eigenvalue weighted by atomic mass is 10.2. The van der Waals surface area contributed by atoms with Crippen molar-refractivity contribution in [1.82, 2.24) is 9.78 Å². The Balaban J connectivity index is 1.45. The Bertz CT molecular complexity index is 726. The van der Waals surface area contributed by atoms with Gasteiger partial charge in [-0.05, 0) is 45.8 Å². The fourth-order valence-corrected chi connectivity index (χ4v) is 2.42. The van der Waals surface area contributed by atoms with Crippen LogP contribution in [0.2, 0.25) is 0 Å². The summed E-state index contributed by atoms with van der Waals surface area (Å²) >= 11 is 3.37. The van der Waals surface area contributed by atoms with Gasteiger partial charge in [0.1, 0.15) is 24.7 Å². The first-order valence-electron chi connectivity index (χ1n) is 7.37. The summed E-state index contributed by atoms with van der Waals surface area (Å²) in [6.45, 7) is 1.84. The van der Waals surface area contributed by atoms with Gasteiger partial charge in [0.05, 0.1) is 17.2 Å². The van der Waals surface area contributed by atoms with Gasteiger partial charge in [0.25, 0.3) is 0 Å². The highest BCUT2D eigenvalue weighted by Crippen LogP contribution is 2.18. The van der Waals surface area contributed by atoms with E-state index < -0.39 is 0 Å². The molecule has 118 valence electrons. The highest BCUT2D eigenvalue weighted by molar-refractivity contribution is 9.10. The SMILES string of the molecule is Brc1cnn(CCOc2ccc(OCc3ccccc3)cc2)c1. The number of hydrogen-bond acceptors (Lipinski definition) is 3. The van der Waals surface area contributed by atoms with E-state index in [0.717, 1.165) is 21.5 Å².